The average Bonchev–Trinajstić information content (AvgIpc) is 3.22. The highest BCUT2D eigenvalue weighted by Gasteiger charge is 2.27. The second kappa shape index (κ2) is 10.0. The minimum atomic E-state index is 0.127. The normalized spacial score (nSPS) is 21.4. The number of hydrogen-bond donors (Lipinski definition) is 1. The van der Waals surface area contributed by atoms with Gasteiger partial charge in [-0.1, -0.05) is 12.1 Å². The standard InChI is InChI=1S/C23H33N5O2S/c1-17-7-5-6-10-28(17)21(29)15-26-11-13-27(14-12-26)22(30)16-31-18(2)23-24-19-8-3-4-9-20(19)25-23/h3-4,8-9,17-18H,5-7,10-16H2,1-2H3,(H,24,25). The summed E-state index contributed by atoms with van der Waals surface area (Å²) in [6.07, 6.45) is 3.44. The van der Waals surface area contributed by atoms with Gasteiger partial charge >= 0.3 is 0 Å². The number of fused-ring (bicyclic) bond motifs is 1. The van der Waals surface area contributed by atoms with Crippen LogP contribution < -0.4 is 0 Å². The Morgan fingerprint density at radius 3 is 2.65 bits per heavy atom. The number of aromatic amines is 1. The van der Waals surface area contributed by atoms with Crippen molar-refractivity contribution in [2.75, 3.05) is 45.0 Å². The lowest BCUT2D eigenvalue weighted by Gasteiger charge is -2.38. The predicted molar refractivity (Wildman–Crippen MR) is 125 cm³/mol. The molecular formula is C23H33N5O2S. The summed E-state index contributed by atoms with van der Waals surface area (Å²) in [4.78, 5) is 39.5. The molecule has 0 spiro atoms. The van der Waals surface area contributed by atoms with Crippen molar-refractivity contribution in [2.45, 2.75) is 44.4 Å². The third-order valence-corrected chi connectivity index (χ3v) is 7.59. The number of carbonyl (C=O) groups excluding carboxylic acids is 2. The van der Waals surface area contributed by atoms with Crippen molar-refractivity contribution in [1.82, 2.24) is 24.7 Å². The van der Waals surface area contributed by atoms with E-state index in [0.717, 1.165) is 49.3 Å². The van der Waals surface area contributed by atoms with Crippen molar-refractivity contribution in [3.05, 3.63) is 30.1 Å². The van der Waals surface area contributed by atoms with E-state index in [1.165, 1.54) is 6.42 Å². The molecule has 4 rings (SSSR count). The number of likely N-dealkylation sites (tertiary alicyclic amines) is 1. The van der Waals surface area contributed by atoms with Crippen molar-refractivity contribution in [2.24, 2.45) is 0 Å². The molecule has 2 saturated heterocycles. The number of para-hydroxylation sites is 2. The van der Waals surface area contributed by atoms with Crippen molar-refractivity contribution in [1.29, 1.82) is 0 Å². The van der Waals surface area contributed by atoms with Crippen molar-refractivity contribution >= 4 is 34.6 Å². The van der Waals surface area contributed by atoms with Gasteiger partial charge in [-0.25, -0.2) is 4.98 Å². The number of piperazine rings is 1. The van der Waals surface area contributed by atoms with Crippen LogP contribution in [0, 0.1) is 0 Å². The van der Waals surface area contributed by atoms with Crippen LogP contribution in [0.1, 0.15) is 44.2 Å². The van der Waals surface area contributed by atoms with Crippen LogP contribution in [0.15, 0.2) is 24.3 Å². The number of amides is 2. The molecule has 0 aliphatic carbocycles. The molecule has 2 unspecified atom stereocenters. The fourth-order valence-corrected chi connectivity index (χ4v) is 5.28. The molecule has 168 valence electrons. The van der Waals surface area contributed by atoms with Gasteiger partial charge in [0.1, 0.15) is 5.82 Å². The summed E-state index contributed by atoms with van der Waals surface area (Å²) in [6, 6.07) is 8.34. The number of H-pyrrole nitrogens is 1. The molecule has 2 aliphatic heterocycles. The van der Waals surface area contributed by atoms with Gasteiger partial charge in [0.25, 0.3) is 0 Å². The molecule has 2 amide bonds. The van der Waals surface area contributed by atoms with Crippen molar-refractivity contribution < 1.29 is 9.59 Å². The predicted octanol–water partition coefficient (Wildman–Crippen LogP) is 2.90. The first kappa shape index (κ1) is 22.1. The molecule has 2 fully saturated rings. The van der Waals surface area contributed by atoms with E-state index in [4.69, 9.17) is 0 Å². The maximum atomic E-state index is 12.7. The van der Waals surface area contributed by atoms with Crippen LogP contribution >= 0.6 is 11.8 Å². The summed E-state index contributed by atoms with van der Waals surface area (Å²) in [6.45, 7) is 8.53. The third kappa shape index (κ3) is 5.41. The molecular weight excluding hydrogens is 410 g/mol. The summed E-state index contributed by atoms with van der Waals surface area (Å²) in [5.74, 6) is 1.77. The Kier molecular flexibility index (Phi) is 7.17. The fraction of sp³-hybridized carbons (Fsp3) is 0.609. The maximum Gasteiger partial charge on any atom is 0.236 e. The molecule has 2 aromatic rings. The van der Waals surface area contributed by atoms with E-state index in [0.29, 0.717) is 31.4 Å². The molecule has 3 heterocycles. The Balaban J connectivity index is 1.20. The highest BCUT2D eigenvalue weighted by Crippen LogP contribution is 2.28. The fourth-order valence-electron chi connectivity index (χ4n) is 4.44. The molecule has 0 bridgehead atoms. The lowest BCUT2D eigenvalue weighted by Crippen LogP contribution is -2.53. The average molecular weight is 444 g/mol. The Morgan fingerprint density at radius 1 is 1.13 bits per heavy atom. The van der Waals surface area contributed by atoms with Crippen LogP contribution in [0.3, 0.4) is 0 Å². The van der Waals surface area contributed by atoms with E-state index in [-0.39, 0.29) is 17.1 Å². The van der Waals surface area contributed by atoms with E-state index >= 15 is 0 Å². The van der Waals surface area contributed by atoms with Gasteiger partial charge in [0, 0.05) is 38.8 Å². The second-order valence-electron chi connectivity index (χ2n) is 8.68. The van der Waals surface area contributed by atoms with E-state index in [1.807, 2.05) is 34.1 Å². The number of piperidine rings is 1. The number of rotatable bonds is 6. The summed E-state index contributed by atoms with van der Waals surface area (Å²) >= 11 is 1.62. The van der Waals surface area contributed by atoms with Crippen molar-refractivity contribution in [3.63, 3.8) is 0 Å². The first-order valence-corrected chi connectivity index (χ1v) is 12.4. The van der Waals surface area contributed by atoms with Gasteiger partial charge < -0.3 is 14.8 Å². The molecule has 2 atom stereocenters. The monoisotopic (exact) mass is 443 g/mol. The molecule has 8 heteroatoms. The minimum Gasteiger partial charge on any atom is -0.341 e. The van der Waals surface area contributed by atoms with E-state index in [9.17, 15) is 9.59 Å². The molecule has 1 aromatic heterocycles. The van der Waals surface area contributed by atoms with Crippen LogP contribution in [0.25, 0.3) is 11.0 Å². The van der Waals surface area contributed by atoms with E-state index in [1.54, 1.807) is 11.8 Å². The number of carbonyl (C=O) groups is 2. The summed E-state index contributed by atoms with van der Waals surface area (Å²) < 4.78 is 0. The zero-order chi connectivity index (χ0) is 21.8. The molecule has 7 nitrogen and oxygen atoms in total. The van der Waals surface area contributed by atoms with Gasteiger partial charge in [0.15, 0.2) is 0 Å². The summed E-state index contributed by atoms with van der Waals surface area (Å²) in [5, 5.41) is 0.127. The molecule has 0 saturated carbocycles. The van der Waals surface area contributed by atoms with E-state index < -0.39 is 0 Å². The van der Waals surface area contributed by atoms with Crippen LogP contribution in [0.4, 0.5) is 0 Å². The Labute approximate surface area is 188 Å². The lowest BCUT2D eigenvalue weighted by molar-refractivity contribution is -0.136. The van der Waals surface area contributed by atoms with Gasteiger partial charge in [-0.05, 0) is 45.2 Å². The number of thioether (sulfide) groups is 1. The van der Waals surface area contributed by atoms with Gasteiger partial charge in [0.2, 0.25) is 11.8 Å². The topological polar surface area (TPSA) is 72.5 Å². The largest absolute Gasteiger partial charge is 0.341 e. The van der Waals surface area contributed by atoms with Crippen LogP contribution in [-0.4, -0.2) is 87.5 Å². The number of aromatic nitrogens is 2. The zero-order valence-corrected chi connectivity index (χ0v) is 19.4. The quantitative estimate of drug-likeness (QED) is 0.743. The Bertz CT molecular complexity index is 875. The Morgan fingerprint density at radius 2 is 1.90 bits per heavy atom. The first-order valence-electron chi connectivity index (χ1n) is 11.4. The maximum absolute atomic E-state index is 12.7. The van der Waals surface area contributed by atoms with Crippen LogP contribution in [-0.2, 0) is 9.59 Å². The minimum absolute atomic E-state index is 0.127. The highest BCUT2D eigenvalue weighted by atomic mass is 32.2. The second-order valence-corrected chi connectivity index (χ2v) is 10.0. The van der Waals surface area contributed by atoms with E-state index in [2.05, 4.69) is 28.7 Å². The first-order chi connectivity index (χ1) is 15.0. The molecule has 1 N–H and O–H groups in total. The number of nitrogens with zero attached hydrogens (tertiary/aromatic N) is 4. The molecule has 1 aromatic carbocycles. The Hall–Kier alpha value is -2.06. The third-order valence-electron chi connectivity index (χ3n) is 6.46. The SMILES string of the molecule is CC(SCC(=O)N1CCN(CC(=O)N2CCCCC2C)CC1)c1nc2ccccc2[nH]1. The zero-order valence-electron chi connectivity index (χ0n) is 18.5. The van der Waals surface area contributed by atoms with Gasteiger partial charge in [-0.3, -0.25) is 14.5 Å². The van der Waals surface area contributed by atoms with Gasteiger partial charge in [0.05, 0.1) is 28.6 Å². The van der Waals surface area contributed by atoms with Crippen LogP contribution in [0.5, 0.6) is 0 Å². The highest BCUT2D eigenvalue weighted by molar-refractivity contribution is 8.00. The molecule has 0 radical (unpaired) electrons. The van der Waals surface area contributed by atoms with Crippen LogP contribution in [0.2, 0.25) is 0 Å². The number of benzene rings is 1. The van der Waals surface area contributed by atoms with Crippen molar-refractivity contribution in [3.8, 4) is 0 Å². The number of hydrogen-bond acceptors (Lipinski definition) is 5. The summed E-state index contributed by atoms with van der Waals surface area (Å²) in [7, 11) is 0. The molecule has 2 aliphatic rings. The van der Waals surface area contributed by atoms with Gasteiger partial charge in [-0.2, -0.15) is 0 Å². The summed E-state index contributed by atoms with van der Waals surface area (Å²) in [5.41, 5.74) is 1.99. The number of imidazole rings is 1. The lowest BCUT2D eigenvalue weighted by atomic mass is 10.0. The number of nitrogens with one attached hydrogen (secondary N) is 1. The smallest absolute Gasteiger partial charge is 0.236 e. The molecule has 31 heavy (non-hydrogen) atoms. The van der Waals surface area contributed by atoms with Gasteiger partial charge in [-0.15, -0.1) is 11.8 Å².